The maximum Gasteiger partial charge on any atom is 0.309 e. The van der Waals surface area contributed by atoms with Crippen LogP contribution in [0, 0.1) is 5.92 Å². The fourth-order valence-electron chi connectivity index (χ4n) is 19.7. The second-order valence-electron chi connectivity index (χ2n) is 41.8. The molecule has 0 N–H and O–H groups in total. The minimum Gasteiger partial charge on any atom is -0.462 e. The van der Waals surface area contributed by atoms with Crippen LogP contribution in [0.25, 0.3) is 0 Å². The van der Waals surface area contributed by atoms with Gasteiger partial charge in [-0.3, -0.25) is 24.0 Å². The van der Waals surface area contributed by atoms with E-state index in [1.54, 1.807) is 0 Å². The lowest BCUT2D eigenvalue weighted by molar-refractivity contribution is -0.170. The highest BCUT2D eigenvalue weighted by molar-refractivity contribution is 5.73. The van der Waals surface area contributed by atoms with E-state index in [0.29, 0.717) is 6.42 Å². The Morgan fingerprint density at radius 2 is 0.321 bits per heavy atom. The zero-order valence-corrected chi connectivity index (χ0v) is 88.7. The van der Waals surface area contributed by atoms with E-state index in [1.807, 2.05) is 0 Å². The van der Waals surface area contributed by atoms with Crippen molar-refractivity contribution in [3.63, 3.8) is 0 Å². The van der Waals surface area contributed by atoms with Crippen molar-refractivity contribution in [1.82, 2.24) is 0 Å². The zero-order valence-electron chi connectivity index (χ0n) is 88.7. The third kappa shape index (κ3) is 98.7. The molecular formula is C119H228O12. The Bertz CT molecular complexity index is 2270. The third-order valence-corrected chi connectivity index (χ3v) is 28.6. The van der Waals surface area contributed by atoms with Crippen molar-refractivity contribution in [3.8, 4) is 0 Å². The zero-order chi connectivity index (χ0) is 94.1. The first-order valence-electron chi connectivity index (χ1n) is 59.8. The molecule has 0 bridgehead atoms. The van der Waals surface area contributed by atoms with Crippen LogP contribution in [0.3, 0.4) is 0 Å². The van der Waals surface area contributed by atoms with Gasteiger partial charge >= 0.3 is 29.8 Å². The van der Waals surface area contributed by atoms with Crippen LogP contribution in [0.5, 0.6) is 0 Å². The Balaban J connectivity index is 3.25. The molecule has 0 aromatic rings. The number of carbonyl (C=O) groups is 5. The van der Waals surface area contributed by atoms with E-state index in [2.05, 4.69) is 27.7 Å². The number of carbonyl (C=O) groups excluding carboxylic acids is 5. The van der Waals surface area contributed by atoms with Crippen LogP contribution in [-0.2, 0) is 57.1 Å². The molecule has 3 unspecified atom stereocenters. The van der Waals surface area contributed by atoms with E-state index in [0.717, 1.165) is 116 Å². The maximum atomic E-state index is 14.4. The fraction of sp³-hybridized carbons (Fsp3) is 0.958. The quantitative estimate of drug-likeness (QED) is 0.0324. The molecule has 0 saturated heterocycles. The summed E-state index contributed by atoms with van der Waals surface area (Å²) >= 11 is 0. The van der Waals surface area contributed by atoms with E-state index >= 15 is 0 Å². The highest BCUT2D eigenvalue weighted by atomic mass is 16.6. The number of rotatable bonds is 96. The lowest BCUT2D eigenvalue weighted by atomic mass is 9.94. The molecule has 0 aromatic carbocycles. The molecule has 0 amide bonds. The van der Waals surface area contributed by atoms with Gasteiger partial charge in [-0.2, -0.15) is 0 Å². The van der Waals surface area contributed by atoms with Crippen LogP contribution in [0.15, 0.2) is 0 Å². The molecule has 0 radical (unpaired) electrons. The van der Waals surface area contributed by atoms with Crippen molar-refractivity contribution in [2.45, 2.75) is 688 Å². The van der Waals surface area contributed by atoms with Crippen molar-refractivity contribution in [2.75, 3.05) is 39.6 Å². The monoisotopic (exact) mass is 1850 g/mol. The average Bonchev–Trinajstić information content (AvgIpc) is 0.920. The minimum absolute atomic E-state index is 0.0624. The van der Waals surface area contributed by atoms with Gasteiger partial charge in [0.05, 0.1) is 32.3 Å². The van der Waals surface area contributed by atoms with Gasteiger partial charge in [-0.15, -0.1) is 0 Å². The van der Waals surface area contributed by atoms with Gasteiger partial charge < -0.3 is 33.2 Å². The molecule has 131 heavy (non-hydrogen) atoms. The van der Waals surface area contributed by atoms with Crippen LogP contribution >= 0.6 is 0 Å². The molecule has 0 spiro atoms. The lowest BCUT2D eigenvalue weighted by Gasteiger charge is -2.23. The minimum atomic E-state index is -0.864. The number of esters is 5. The van der Waals surface area contributed by atoms with Crippen LogP contribution in [0.4, 0.5) is 0 Å². The molecule has 776 valence electrons. The summed E-state index contributed by atoms with van der Waals surface area (Å²) < 4.78 is 43.6. The molecule has 1 aliphatic rings. The number of hydrogen-bond acceptors (Lipinski definition) is 12. The maximum absolute atomic E-state index is 14.4. The normalized spacial score (nSPS) is 14.5. The Morgan fingerprint density at radius 3 is 0.504 bits per heavy atom. The van der Waals surface area contributed by atoms with Crippen LogP contribution < -0.4 is 0 Å². The molecule has 1 aliphatic carbocycles. The van der Waals surface area contributed by atoms with E-state index < -0.39 is 18.3 Å². The molecule has 0 aromatic heterocycles. The predicted octanol–water partition coefficient (Wildman–Crippen LogP) is 38.6. The molecule has 1 fully saturated rings. The van der Waals surface area contributed by atoms with Gasteiger partial charge in [0.15, 0.2) is 12.2 Å². The van der Waals surface area contributed by atoms with Crippen molar-refractivity contribution < 1.29 is 57.1 Å². The molecule has 0 heterocycles. The van der Waals surface area contributed by atoms with E-state index in [4.69, 9.17) is 33.2 Å². The SMILES string of the molecule is CCCCCCCCCCCCCCCCCCCCCC(=O)OCC(COCC(COCC(COC(=O)C1CCCCCCCCCCCCCCCCCCCC1)OC(=O)CCCCCCCCCCCCCCCCCCCCC)OC(=O)CCCCCCCCCCCCCCCCCCCCC)OC(=O)CCCCCCCCCCCCCCCCCCCCC. The largest absolute Gasteiger partial charge is 0.462 e. The molecule has 1 rings (SSSR count). The summed E-state index contributed by atoms with van der Waals surface area (Å²) in [6.07, 6.45) is 120. The summed E-state index contributed by atoms with van der Waals surface area (Å²) in [4.78, 5) is 69.5. The number of ether oxygens (including phenoxy) is 7. The standard InChI is InChI=1S/C119H228O12/c1-5-9-13-17-21-25-29-33-37-41-45-53-59-65-71-77-83-89-95-101-115(120)127-109-113(130-117(122)103-97-91-85-79-73-67-61-55-47-43-39-35-31-27-23-19-15-11-7-3)107-125-105-112(129-116(121)102-96-90-84-78-72-66-60-54-46-42-38-34-30-26-22-18-14-10-6-2)106-126-108-114(131-118(123)104-98-92-86-80-74-68-62-56-48-44-40-36-32-28-24-20-16-12-8-4)110-128-119(124)111-99-93-87-81-75-69-63-57-51-49-50-52-58-64-70-76-82-88-94-100-111/h111-114H,5-110H2,1-4H3. The van der Waals surface area contributed by atoms with Crippen LogP contribution in [0.2, 0.25) is 0 Å². The summed E-state index contributed by atoms with van der Waals surface area (Å²) in [5.41, 5.74) is 0. The second-order valence-corrected chi connectivity index (χ2v) is 41.8. The van der Waals surface area contributed by atoms with Crippen molar-refractivity contribution >= 4 is 29.8 Å². The van der Waals surface area contributed by atoms with Gasteiger partial charge in [-0.1, -0.05) is 606 Å². The van der Waals surface area contributed by atoms with Crippen molar-refractivity contribution in [1.29, 1.82) is 0 Å². The van der Waals surface area contributed by atoms with Gasteiger partial charge in [0.25, 0.3) is 0 Å². The molecular weight excluding hydrogens is 1620 g/mol. The lowest BCUT2D eigenvalue weighted by Crippen LogP contribution is -2.35. The van der Waals surface area contributed by atoms with Crippen molar-refractivity contribution in [3.05, 3.63) is 0 Å². The first kappa shape index (κ1) is 126. The summed E-state index contributed by atoms with van der Waals surface area (Å²) in [6.45, 7) is 8.66. The van der Waals surface area contributed by atoms with Gasteiger partial charge in [0.1, 0.15) is 19.3 Å². The third-order valence-electron chi connectivity index (χ3n) is 28.6. The molecule has 1 saturated carbocycles. The molecule has 12 nitrogen and oxygen atoms in total. The van der Waals surface area contributed by atoms with Crippen LogP contribution in [-0.4, -0.2) is 87.8 Å². The molecule has 12 heteroatoms. The van der Waals surface area contributed by atoms with E-state index in [-0.39, 0.29) is 94.7 Å². The summed E-state index contributed by atoms with van der Waals surface area (Å²) in [5.74, 6) is -1.73. The summed E-state index contributed by atoms with van der Waals surface area (Å²) in [7, 11) is 0. The smallest absolute Gasteiger partial charge is 0.309 e. The number of unbranched alkanes of at least 4 members (excludes halogenated alkanes) is 72. The Labute approximate surface area is 815 Å². The first-order valence-corrected chi connectivity index (χ1v) is 59.8. The Hall–Kier alpha value is -2.73. The summed E-state index contributed by atoms with van der Waals surface area (Å²) in [6, 6.07) is 0. The second kappa shape index (κ2) is 108. The molecule has 0 aliphatic heterocycles. The van der Waals surface area contributed by atoms with E-state index in [1.165, 1.54) is 501 Å². The first-order chi connectivity index (χ1) is 64.7. The van der Waals surface area contributed by atoms with Crippen LogP contribution in [0.1, 0.15) is 670 Å². The van der Waals surface area contributed by atoms with Gasteiger partial charge in [0, 0.05) is 25.7 Å². The fourth-order valence-corrected chi connectivity index (χ4v) is 19.7. The highest BCUT2D eigenvalue weighted by Gasteiger charge is 2.26. The van der Waals surface area contributed by atoms with Gasteiger partial charge in [-0.05, 0) is 38.5 Å². The van der Waals surface area contributed by atoms with Gasteiger partial charge in [0.2, 0.25) is 0 Å². The van der Waals surface area contributed by atoms with E-state index in [9.17, 15) is 24.0 Å². The highest BCUT2D eigenvalue weighted by Crippen LogP contribution is 2.27. The summed E-state index contributed by atoms with van der Waals surface area (Å²) in [5, 5.41) is 0. The Morgan fingerprint density at radius 1 is 0.176 bits per heavy atom. The Kier molecular flexibility index (Phi) is 104. The average molecular weight is 1850 g/mol. The topological polar surface area (TPSA) is 150 Å². The molecule has 3 atom stereocenters. The predicted molar refractivity (Wildman–Crippen MR) is 561 cm³/mol. The van der Waals surface area contributed by atoms with Crippen molar-refractivity contribution in [2.24, 2.45) is 5.92 Å². The number of hydrogen-bond donors (Lipinski definition) is 0. The van der Waals surface area contributed by atoms with Gasteiger partial charge in [-0.25, -0.2) is 0 Å².